The molecule has 1 aromatic rings. The van der Waals surface area contributed by atoms with Crippen molar-refractivity contribution in [1.29, 1.82) is 0 Å². The highest BCUT2D eigenvalue weighted by Crippen LogP contribution is 2.50. The molecule has 1 fully saturated rings. The number of rotatable bonds is 7. The first-order valence-electron chi connectivity index (χ1n) is 7.56. The van der Waals surface area contributed by atoms with Gasteiger partial charge in [0.1, 0.15) is 0 Å². The minimum Gasteiger partial charge on any atom is -0.383 e. The second-order valence-electron chi connectivity index (χ2n) is 5.74. The van der Waals surface area contributed by atoms with E-state index in [-0.39, 0.29) is 0 Å². The molecule has 1 saturated carbocycles. The van der Waals surface area contributed by atoms with Crippen LogP contribution < -0.4 is 5.32 Å². The summed E-state index contributed by atoms with van der Waals surface area (Å²) in [5, 5.41) is 8.07. The van der Waals surface area contributed by atoms with Gasteiger partial charge in [-0.3, -0.25) is 4.68 Å². The summed E-state index contributed by atoms with van der Waals surface area (Å²) in [4.78, 5) is 0. The number of aromatic nitrogens is 2. The van der Waals surface area contributed by atoms with Crippen molar-refractivity contribution in [2.75, 3.05) is 20.8 Å². The summed E-state index contributed by atoms with van der Waals surface area (Å²) in [6, 6.07) is 0.351. The molecule has 0 radical (unpaired) electrons. The van der Waals surface area contributed by atoms with Crippen LogP contribution in [-0.4, -0.2) is 30.5 Å². The van der Waals surface area contributed by atoms with Gasteiger partial charge in [-0.05, 0) is 47.7 Å². The van der Waals surface area contributed by atoms with Gasteiger partial charge >= 0.3 is 0 Å². The smallest absolute Gasteiger partial charge is 0.0702 e. The predicted octanol–water partition coefficient (Wildman–Crippen LogP) is 3.52. The number of ether oxygens (including phenoxy) is 1. The van der Waals surface area contributed by atoms with Gasteiger partial charge in [0, 0.05) is 7.11 Å². The fourth-order valence-corrected chi connectivity index (χ4v) is 4.20. The van der Waals surface area contributed by atoms with E-state index in [1.54, 1.807) is 7.11 Å². The van der Waals surface area contributed by atoms with E-state index in [2.05, 4.69) is 45.0 Å². The summed E-state index contributed by atoms with van der Waals surface area (Å²) in [5.74, 6) is 0. The van der Waals surface area contributed by atoms with Crippen LogP contribution in [0.15, 0.2) is 10.7 Å². The van der Waals surface area contributed by atoms with Gasteiger partial charge in [0.2, 0.25) is 0 Å². The van der Waals surface area contributed by atoms with E-state index < -0.39 is 0 Å². The topological polar surface area (TPSA) is 39.1 Å². The van der Waals surface area contributed by atoms with E-state index in [9.17, 15) is 0 Å². The summed E-state index contributed by atoms with van der Waals surface area (Å²) in [5.41, 5.74) is 1.63. The molecule has 1 aromatic heterocycles. The van der Waals surface area contributed by atoms with E-state index in [1.165, 1.54) is 37.8 Å². The van der Waals surface area contributed by atoms with E-state index in [0.29, 0.717) is 18.1 Å². The molecule has 1 aliphatic carbocycles. The molecule has 0 bridgehead atoms. The Morgan fingerprint density at radius 2 is 2.20 bits per heavy atom. The highest BCUT2D eigenvalue weighted by Gasteiger charge is 2.42. The van der Waals surface area contributed by atoms with Crippen LogP contribution in [0.2, 0.25) is 0 Å². The highest BCUT2D eigenvalue weighted by atomic mass is 79.9. The lowest BCUT2D eigenvalue weighted by Gasteiger charge is -2.37. The Morgan fingerprint density at radius 3 is 2.75 bits per heavy atom. The first-order valence-corrected chi connectivity index (χ1v) is 8.35. The molecule has 0 aliphatic heterocycles. The van der Waals surface area contributed by atoms with Gasteiger partial charge in [-0.1, -0.05) is 19.8 Å². The standard InChI is InChI=1S/C15H26BrN3O/c1-4-15(7-5-6-8-15)14(17-2)13-12(16)11-18-19(13)9-10-20-3/h11,14,17H,4-10H2,1-3H3. The van der Waals surface area contributed by atoms with Crippen molar-refractivity contribution in [3.8, 4) is 0 Å². The SMILES string of the molecule is CCC1(C(NC)c2c(Br)cnn2CCOC)CCCC1. The van der Waals surface area contributed by atoms with Gasteiger partial charge in [0.15, 0.2) is 0 Å². The van der Waals surface area contributed by atoms with Crippen LogP contribution in [0.25, 0.3) is 0 Å². The molecule has 1 unspecified atom stereocenters. The molecule has 0 amide bonds. The number of hydrogen-bond acceptors (Lipinski definition) is 3. The molecule has 1 N–H and O–H groups in total. The van der Waals surface area contributed by atoms with E-state index in [1.807, 2.05) is 6.20 Å². The van der Waals surface area contributed by atoms with Crippen molar-refractivity contribution in [2.45, 2.75) is 51.6 Å². The summed E-state index contributed by atoms with van der Waals surface area (Å²) in [6.07, 6.45) is 8.41. The zero-order valence-corrected chi connectivity index (χ0v) is 14.4. The van der Waals surface area contributed by atoms with E-state index >= 15 is 0 Å². The van der Waals surface area contributed by atoms with Gasteiger partial charge < -0.3 is 10.1 Å². The molecule has 0 saturated heterocycles. The van der Waals surface area contributed by atoms with E-state index in [0.717, 1.165) is 11.0 Å². The molecule has 1 aliphatic rings. The van der Waals surface area contributed by atoms with Crippen LogP contribution in [0.3, 0.4) is 0 Å². The molecule has 4 nitrogen and oxygen atoms in total. The Bertz CT molecular complexity index is 427. The Morgan fingerprint density at radius 1 is 1.50 bits per heavy atom. The predicted molar refractivity (Wildman–Crippen MR) is 84.8 cm³/mol. The molecule has 20 heavy (non-hydrogen) atoms. The molecule has 5 heteroatoms. The Hall–Kier alpha value is -0.390. The van der Waals surface area contributed by atoms with Crippen molar-refractivity contribution in [3.63, 3.8) is 0 Å². The van der Waals surface area contributed by atoms with Crippen LogP contribution in [0.5, 0.6) is 0 Å². The van der Waals surface area contributed by atoms with Crippen molar-refractivity contribution < 1.29 is 4.74 Å². The lowest BCUT2D eigenvalue weighted by molar-refractivity contribution is 0.166. The molecular weight excluding hydrogens is 318 g/mol. The molecule has 2 rings (SSSR count). The van der Waals surface area contributed by atoms with Crippen LogP contribution >= 0.6 is 15.9 Å². The number of nitrogens with one attached hydrogen (secondary N) is 1. The Kier molecular flexibility index (Phi) is 5.64. The minimum absolute atomic E-state index is 0.351. The van der Waals surface area contributed by atoms with E-state index in [4.69, 9.17) is 4.74 Å². The third kappa shape index (κ3) is 2.95. The summed E-state index contributed by atoms with van der Waals surface area (Å²) in [7, 11) is 3.80. The van der Waals surface area contributed by atoms with Gasteiger partial charge in [-0.2, -0.15) is 5.10 Å². The average molecular weight is 344 g/mol. The lowest BCUT2D eigenvalue weighted by atomic mass is 9.75. The molecular formula is C15H26BrN3O. The second kappa shape index (κ2) is 7.05. The average Bonchev–Trinajstić information content (AvgIpc) is 3.07. The first kappa shape index (κ1) is 16.0. The van der Waals surface area contributed by atoms with Crippen LogP contribution in [-0.2, 0) is 11.3 Å². The third-order valence-electron chi connectivity index (χ3n) is 4.82. The number of methoxy groups -OCH3 is 1. The fourth-order valence-electron chi connectivity index (χ4n) is 3.67. The number of nitrogens with zero attached hydrogens (tertiary/aromatic N) is 2. The highest BCUT2D eigenvalue weighted by molar-refractivity contribution is 9.10. The molecule has 0 aromatic carbocycles. The van der Waals surface area contributed by atoms with Gasteiger partial charge in [0.25, 0.3) is 0 Å². The maximum Gasteiger partial charge on any atom is 0.0702 e. The molecule has 0 spiro atoms. The maximum absolute atomic E-state index is 5.20. The van der Waals surface area contributed by atoms with Crippen LogP contribution in [0.1, 0.15) is 50.8 Å². The molecule has 1 atom stereocenters. The zero-order chi connectivity index (χ0) is 14.6. The maximum atomic E-state index is 5.20. The number of halogens is 1. The monoisotopic (exact) mass is 343 g/mol. The quantitative estimate of drug-likeness (QED) is 0.823. The second-order valence-corrected chi connectivity index (χ2v) is 6.59. The lowest BCUT2D eigenvalue weighted by Crippen LogP contribution is -2.36. The van der Waals surface area contributed by atoms with Gasteiger partial charge in [0.05, 0.1) is 35.6 Å². The number of hydrogen-bond donors (Lipinski definition) is 1. The summed E-state index contributed by atoms with van der Waals surface area (Å²) >= 11 is 3.69. The van der Waals surface area contributed by atoms with Crippen molar-refractivity contribution in [3.05, 3.63) is 16.4 Å². The van der Waals surface area contributed by atoms with Gasteiger partial charge in [-0.15, -0.1) is 0 Å². The normalized spacial score (nSPS) is 19.4. The largest absolute Gasteiger partial charge is 0.383 e. The Labute approximate surface area is 130 Å². The van der Waals surface area contributed by atoms with Crippen molar-refractivity contribution >= 4 is 15.9 Å². The molecule has 114 valence electrons. The van der Waals surface area contributed by atoms with Crippen molar-refractivity contribution in [2.24, 2.45) is 5.41 Å². The minimum atomic E-state index is 0.351. The summed E-state index contributed by atoms with van der Waals surface area (Å²) < 4.78 is 8.40. The van der Waals surface area contributed by atoms with Crippen LogP contribution in [0, 0.1) is 5.41 Å². The molecule has 1 heterocycles. The third-order valence-corrected chi connectivity index (χ3v) is 5.43. The van der Waals surface area contributed by atoms with Crippen LogP contribution in [0.4, 0.5) is 0 Å². The van der Waals surface area contributed by atoms with Gasteiger partial charge in [-0.25, -0.2) is 0 Å². The van der Waals surface area contributed by atoms with Crippen molar-refractivity contribution in [1.82, 2.24) is 15.1 Å². The fraction of sp³-hybridized carbons (Fsp3) is 0.800. The summed E-state index contributed by atoms with van der Waals surface area (Å²) in [6.45, 7) is 3.81. The zero-order valence-electron chi connectivity index (χ0n) is 12.8. The Balaban J connectivity index is 2.33. The first-order chi connectivity index (χ1) is 9.68.